The number of halogens is 1. The van der Waals surface area contributed by atoms with Gasteiger partial charge in [0.05, 0.1) is 0 Å². The lowest BCUT2D eigenvalue weighted by Gasteiger charge is -2.11. The Bertz CT molecular complexity index is 857. The van der Waals surface area contributed by atoms with Crippen LogP contribution in [-0.2, 0) is 0 Å². The summed E-state index contributed by atoms with van der Waals surface area (Å²) in [6, 6.07) is 14.3. The Labute approximate surface area is 140 Å². The number of nitrogens with zero attached hydrogens (tertiary/aromatic N) is 2. The maximum atomic E-state index is 13.3. The Hall–Kier alpha value is -2.95. The molecule has 0 aliphatic rings. The van der Waals surface area contributed by atoms with Gasteiger partial charge in [-0.1, -0.05) is 12.1 Å². The molecule has 24 heavy (non-hydrogen) atoms. The van der Waals surface area contributed by atoms with E-state index >= 15 is 0 Å². The van der Waals surface area contributed by atoms with Crippen LogP contribution in [0.3, 0.4) is 0 Å². The summed E-state index contributed by atoms with van der Waals surface area (Å²) < 4.78 is 13.3. The van der Waals surface area contributed by atoms with Gasteiger partial charge < -0.3 is 10.6 Å². The number of nitrogens with one attached hydrogen (secondary N) is 2. The summed E-state index contributed by atoms with van der Waals surface area (Å²) >= 11 is 0. The highest BCUT2D eigenvalue weighted by atomic mass is 19.1. The molecule has 0 aliphatic carbocycles. The number of benzene rings is 2. The van der Waals surface area contributed by atoms with Gasteiger partial charge in [0.1, 0.15) is 11.6 Å². The van der Waals surface area contributed by atoms with E-state index in [9.17, 15) is 4.39 Å². The van der Waals surface area contributed by atoms with Gasteiger partial charge in [-0.3, -0.25) is 0 Å². The van der Waals surface area contributed by atoms with E-state index in [0.29, 0.717) is 17.5 Å². The summed E-state index contributed by atoms with van der Waals surface area (Å²) in [7, 11) is 0. The molecule has 0 aliphatic heterocycles. The molecule has 0 bridgehead atoms. The molecule has 3 rings (SSSR count). The predicted octanol–water partition coefficient (Wildman–Crippen LogP) is 5.03. The van der Waals surface area contributed by atoms with Gasteiger partial charge in [0.25, 0.3) is 0 Å². The lowest BCUT2D eigenvalue weighted by Crippen LogP contribution is -2.02. The lowest BCUT2D eigenvalue weighted by atomic mass is 10.1. The average molecular weight is 322 g/mol. The summed E-state index contributed by atoms with van der Waals surface area (Å²) in [6.45, 7) is 5.99. The van der Waals surface area contributed by atoms with E-state index < -0.39 is 0 Å². The number of rotatable bonds is 4. The van der Waals surface area contributed by atoms with Gasteiger partial charge in [0.15, 0.2) is 0 Å². The molecule has 2 aromatic carbocycles. The summed E-state index contributed by atoms with van der Waals surface area (Å²) in [5.41, 5.74) is 4.74. The first-order chi connectivity index (χ1) is 11.5. The third kappa shape index (κ3) is 4.07. The molecule has 0 amide bonds. The van der Waals surface area contributed by atoms with Crippen molar-refractivity contribution < 1.29 is 4.39 Å². The highest BCUT2D eigenvalue weighted by Gasteiger charge is 2.05. The molecule has 0 atom stereocenters. The number of aryl methyl sites for hydroxylation is 3. The predicted molar refractivity (Wildman–Crippen MR) is 95.7 cm³/mol. The maximum absolute atomic E-state index is 13.3. The first kappa shape index (κ1) is 15.9. The molecular weight excluding hydrogens is 303 g/mol. The van der Waals surface area contributed by atoms with E-state index in [1.165, 1.54) is 23.3 Å². The molecule has 2 N–H and O–H groups in total. The van der Waals surface area contributed by atoms with E-state index in [1.54, 1.807) is 12.1 Å². The van der Waals surface area contributed by atoms with E-state index in [2.05, 4.69) is 26.7 Å². The van der Waals surface area contributed by atoms with Crippen LogP contribution in [0, 0.1) is 26.6 Å². The van der Waals surface area contributed by atoms with Gasteiger partial charge in [0, 0.05) is 23.1 Å². The van der Waals surface area contributed by atoms with Crippen LogP contribution in [0.4, 0.5) is 27.5 Å². The van der Waals surface area contributed by atoms with Crippen LogP contribution >= 0.6 is 0 Å². The van der Waals surface area contributed by atoms with Crippen molar-refractivity contribution in [2.24, 2.45) is 0 Å². The monoisotopic (exact) mass is 322 g/mol. The standard InChI is InChI=1S/C19H19FN4/c1-12-7-13(2)9-17(8-12)23-19-21-14(3)10-18(24-19)22-16-6-4-5-15(20)11-16/h4-11H,1-3H3,(H2,21,22,23,24). The zero-order valence-electron chi connectivity index (χ0n) is 13.9. The van der Waals surface area contributed by atoms with Crippen LogP contribution in [0.1, 0.15) is 16.8 Å². The molecular formula is C19H19FN4. The summed E-state index contributed by atoms with van der Waals surface area (Å²) in [5.74, 6) is 0.818. The van der Waals surface area contributed by atoms with Crippen LogP contribution in [0.2, 0.25) is 0 Å². The van der Waals surface area contributed by atoms with Gasteiger partial charge in [-0.2, -0.15) is 4.98 Å². The Morgan fingerprint density at radius 1 is 0.792 bits per heavy atom. The van der Waals surface area contributed by atoms with Gasteiger partial charge in [-0.05, 0) is 62.2 Å². The number of aromatic nitrogens is 2. The zero-order chi connectivity index (χ0) is 17.1. The van der Waals surface area contributed by atoms with Gasteiger partial charge in [-0.15, -0.1) is 0 Å². The molecule has 5 heteroatoms. The summed E-state index contributed by atoms with van der Waals surface area (Å²) in [6.07, 6.45) is 0. The van der Waals surface area contributed by atoms with Gasteiger partial charge >= 0.3 is 0 Å². The van der Waals surface area contributed by atoms with Crippen molar-refractivity contribution >= 4 is 23.1 Å². The first-order valence-corrected chi connectivity index (χ1v) is 7.71. The van der Waals surface area contributed by atoms with Crippen molar-refractivity contribution in [1.29, 1.82) is 0 Å². The topological polar surface area (TPSA) is 49.8 Å². The second-order valence-electron chi connectivity index (χ2n) is 5.85. The van der Waals surface area contributed by atoms with Crippen LogP contribution in [0.5, 0.6) is 0 Å². The highest BCUT2D eigenvalue weighted by molar-refractivity contribution is 5.61. The minimum absolute atomic E-state index is 0.292. The molecule has 122 valence electrons. The van der Waals surface area contributed by atoms with E-state index in [0.717, 1.165) is 11.4 Å². The molecule has 0 saturated heterocycles. The normalized spacial score (nSPS) is 10.5. The Morgan fingerprint density at radius 2 is 1.54 bits per heavy atom. The minimum atomic E-state index is -0.292. The molecule has 4 nitrogen and oxygen atoms in total. The molecule has 0 radical (unpaired) electrons. The third-order valence-electron chi connectivity index (χ3n) is 3.43. The molecule has 3 aromatic rings. The van der Waals surface area contributed by atoms with E-state index in [-0.39, 0.29) is 5.82 Å². The average Bonchev–Trinajstić information content (AvgIpc) is 2.45. The summed E-state index contributed by atoms with van der Waals surface area (Å²) in [4.78, 5) is 8.87. The fourth-order valence-electron chi connectivity index (χ4n) is 2.58. The third-order valence-corrected chi connectivity index (χ3v) is 3.43. The molecule has 1 aromatic heterocycles. The van der Waals surface area contributed by atoms with Crippen molar-refractivity contribution in [3.8, 4) is 0 Å². The van der Waals surface area contributed by atoms with Gasteiger partial charge in [-0.25, -0.2) is 9.37 Å². The van der Waals surface area contributed by atoms with Crippen LogP contribution in [0.25, 0.3) is 0 Å². The maximum Gasteiger partial charge on any atom is 0.229 e. The SMILES string of the molecule is Cc1cc(C)cc(Nc2nc(C)cc(Nc3cccc(F)c3)n2)c1. The van der Waals surface area contributed by atoms with Crippen LogP contribution in [0.15, 0.2) is 48.5 Å². The largest absolute Gasteiger partial charge is 0.340 e. The summed E-state index contributed by atoms with van der Waals surface area (Å²) in [5, 5.41) is 6.33. The van der Waals surface area contributed by atoms with Crippen molar-refractivity contribution in [3.63, 3.8) is 0 Å². The van der Waals surface area contributed by atoms with E-state index in [1.807, 2.05) is 39.0 Å². The smallest absolute Gasteiger partial charge is 0.229 e. The van der Waals surface area contributed by atoms with Crippen LogP contribution in [-0.4, -0.2) is 9.97 Å². The van der Waals surface area contributed by atoms with Crippen molar-refractivity contribution in [2.75, 3.05) is 10.6 Å². The first-order valence-electron chi connectivity index (χ1n) is 7.71. The van der Waals surface area contributed by atoms with Crippen molar-refractivity contribution in [3.05, 3.63) is 71.2 Å². The minimum Gasteiger partial charge on any atom is -0.340 e. The number of anilines is 4. The molecule has 0 unspecified atom stereocenters. The Balaban J connectivity index is 1.85. The Morgan fingerprint density at radius 3 is 2.25 bits per heavy atom. The number of hydrogen-bond acceptors (Lipinski definition) is 4. The molecule has 0 spiro atoms. The van der Waals surface area contributed by atoms with E-state index in [4.69, 9.17) is 0 Å². The number of hydrogen-bond donors (Lipinski definition) is 2. The second kappa shape index (κ2) is 6.66. The fraction of sp³-hybridized carbons (Fsp3) is 0.158. The fourth-order valence-corrected chi connectivity index (χ4v) is 2.58. The van der Waals surface area contributed by atoms with Crippen molar-refractivity contribution in [2.45, 2.75) is 20.8 Å². The molecule has 0 fully saturated rings. The quantitative estimate of drug-likeness (QED) is 0.707. The van der Waals surface area contributed by atoms with Gasteiger partial charge in [0.2, 0.25) is 5.95 Å². The van der Waals surface area contributed by atoms with Crippen molar-refractivity contribution in [1.82, 2.24) is 9.97 Å². The lowest BCUT2D eigenvalue weighted by molar-refractivity contribution is 0.628. The molecule has 0 saturated carbocycles. The second-order valence-corrected chi connectivity index (χ2v) is 5.85. The highest BCUT2D eigenvalue weighted by Crippen LogP contribution is 2.21. The zero-order valence-corrected chi connectivity index (χ0v) is 13.9. The Kier molecular flexibility index (Phi) is 4.42. The molecule has 1 heterocycles. The van der Waals surface area contributed by atoms with Crippen LogP contribution < -0.4 is 10.6 Å².